The van der Waals surface area contributed by atoms with Crippen molar-refractivity contribution in [2.75, 3.05) is 12.4 Å². The molecule has 31 heavy (non-hydrogen) atoms. The average Bonchev–Trinajstić information content (AvgIpc) is 3.05. The number of aryl methyl sites for hydroxylation is 2. The van der Waals surface area contributed by atoms with Crippen LogP contribution in [0.4, 0.5) is 5.00 Å². The fourth-order valence-electron chi connectivity index (χ4n) is 3.42. The Morgan fingerprint density at radius 3 is 2.61 bits per heavy atom. The number of rotatable bonds is 4. The van der Waals surface area contributed by atoms with Crippen LogP contribution < -0.4 is 5.32 Å². The van der Waals surface area contributed by atoms with Crippen molar-refractivity contribution < 1.29 is 14.3 Å². The number of hydrogen-bond acceptors (Lipinski definition) is 6. The normalized spacial score (nSPS) is 10.8. The first-order valence-electron chi connectivity index (χ1n) is 9.70. The van der Waals surface area contributed by atoms with Gasteiger partial charge in [-0.1, -0.05) is 11.6 Å². The summed E-state index contributed by atoms with van der Waals surface area (Å²) in [5.41, 5.74) is 4.88. The maximum absolute atomic E-state index is 13.4. The number of anilines is 1. The zero-order valence-electron chi connectivity index (χ0n) is 17.6. The molecule has 4 aromatic rings. The lowest BCUT2D eigenvalue weighted by Crippen LogP contribution is -2.15. The van der Waals surface area contributed by atoms with Crippen LogP contribution in [-0.4, -0.2) is 29.0 Å². The van der Waals surface area contributed by atoms with Gasteiger partial charge in [0.2, 0.25) is 0 Å². The van der Waals surface area contributed by atoms with E-state index in [0.717, 1.165) is 27.0 Å². The fourth-order valence-corrected chi connectivity index (χ4v) is 4.47. The molecule has 0 unspecified atom stereocenters. The largest absolute Gasteiger partial charge is 0.465 e. The molecule has 7 heteroatoms. The van der Waals surface area contributed by atoms with Crippen molar-refractivity contribution in [1.82, 2.24) is 9.97 Å². The molecule has 0 atom stereocenters. The lowest BCUT2D eigenvalue weighted by Gasteiger charge is -2.11. The van der Waals surface area contributed by atoms with E-state index in [1.807, 2.05) is 51.1 Å². The van der Waals surface area contributed by atoms with Crippen LogP contribution in [-0.2, 0) is 4.74 Å². The third-order valence-corrected chi connectivity index (χ3v) is 6.29. The Hall–Kier alpha value is -3.58. The molecule has 0 saturated carbocycles. The van der Waals surface area contributed by atoms with Crippen molar-refractivity contribution in [3.05, 3.63) is 75.9 Å². The number of esters is 1. The molecule has 1 aromatic carbocycles. The maximum Gasteiger partial charge on any atom is 0.341 e. The highest BCUT2D eigenvalue weighted by Gasteiger charge is 2.23. The summed E-state index contributed by atoms with van der Waals surface area (Å²) in [6.45, 7) is 5.73. The van der Waals surface area contributed by atoms with Gasteiger partial charge in [0, 0.05) is 28.2 Å². The molecule has 3 aromatic heterocycles. The van der Waals surface area contributed by atoms with Gasteiger partial charge in [0.05, 0.1) is 29.4 Å². The highest BCUT2D eigenvalue weighted by molar-refractivity contribution is 7.16. The van der Waals surface area contributed by atoms with Crippen molar-refractivity contribution in [2.45, 2.75) is 20.8 Å². The predicted octanol–water partition coefficient (Wildman–Crippen LogP) is 5.32. The minimum absolute atomic E-state index is 0.311. The number of nitrogens with zero attached hydrogens (tertiary/aromatic N) is 2. The molecular formula is C24H21N3O3S. The number of amides is 1. The fraction of sp³-hybridized carbons (Fsp3) is 0.167. The van der Waals surface area contributed by atoms with Gasteiger partial charge in [0.25, 0.3) is 5.91 Å². The second-order valence-corrected chi connectivity index (χ2v) is 8.48. The molecule has 0 fully saturated rings. The first-order valence-corrected chi connectivity index (χ1v) is 10.5. The minimum atomic E-state index is -0.469. The molecule has 1 N–H and O–H groups in total. The number of pyridine rings is 2. The Balaban J connectivity index is 1.84. The maximum atomic E-state index is 13.4. The predicted molar refractivity (Wildman–Crippen MR) is 123 cm³/mol. The first-order chi connectivity index (χ1) is 14.9. The lowest BCUT2D eigenvalue weighted by molar-refractivity contribution is 0.0601. The van der Waals surface area contributed by atoms with Crippen LogP contribution in [0.2, 0.25) is 0 Å². The number of thiophene rings is 1. The summed E-state index contributed by atoms with van der Waals surface area (Å²) in [6.07, 6.45) is 3.41. The van der Waals surface area contributed by atoms with E-state index in [4.69, 9.17) is 9.72 Å². The molecule has 0 aliphatic heterocycles. The molecule has 6 nitrogen and oxygen atoms in total. The van der Waals surface area contributed by atoms with Crippen LogP contribution in [0.1, 0.15) is 36.7 Å². The van der Waals surface area contributed by atoms with E-state index in [1.165, 1.54) is 18.4 Å². The molecule has 3 heterocycles. The van der Waals surface area contributed by atoms with Crippen molar-refractivity contribution in [1.29, 1.82) is 0 Å². The Morgan fingerprint density at radius 2 is 1.90 bits per heavy atom. The average molecular weight is 432 g/mol. The topological polar surface area (TPSA) is 81.2 Å². The minimum Gasteiger partial charge on any atom is -0.465 e. The molecule has 0 aliphatic rings. The Labute approximate surface area is 183 Å². The highest BCUT2D eigenvalue weighted by Crippen LogP contribution is 2.34. The Kier molecular flexibility index (Phi) is 5.52. The van der Waals surface area contributed by atoms with E-state index in [1.54, 1.807) is 18.5 Å². The van der Waals surface area contributed by atoms with E-state index < -0.39 is 5.97 Å². The van der Waals surface area contributed by atoms with Gasteiger partial charge in [-0.05, 0) is 56.7 Å². The number of carbonyl (C=O) groups is 2. The summed E-state index contributed by atoms with van der Waals surface area (Å²) in [7, 11) is 1.33. The summed E-state index contributed by atoms with van der Waals surface area (Å²) >= 11 is 1.36. The number of nitrogens with one attached hydrogen (secondary N) is 1. The monoisotopic (exact) mass is 431 g/mol. The van der Waals surface area contributed by atoms with E-state index in [0.29, 0.717) is 27.3 Å². The molecule has 0 radical (unpaired) electrons. The van der Waals surface area contributed by atoms with E-state index in [2.05, 4.69) is 10.3 Å². The van der Waals surface area contributed by atoms with Gasteiger partial charge in [0.1, 0.15) is 5.00 Å². The molecule has 1 amide bonds. The third kappa shape index (κ3) is 3.92. The Morgan fingerprint density at radius 1 is 1.10 bits per heavy atom. The number of benzene rings is 1. The van der Waals surface area contributed by atoms with Gasteiger partial charge in [-0.15, -0.1) is 11.3 Å². The highest BCUT2D eigenvalue weighted by atomic mass is 32.1. The number of hydrogen-bond donors (Lipinski definition) is 1. The van der Waals surface area contributed by atoms with Gasteiger partial charge in [-0.3, -0.25) is 9.78 Å². The molecule has 0 aliphatic carbocycles. The summed E-state index contributed by atoms with van der Waals surface area (Å²) in [5.74, 6) is -0.779. The molecule has 0 saturated heterocycles. The zero-order chi connectivity index (χ0) is 22.1. The van der Waals surface area contributed by atoms with Crippen LogP contribution >= 0.6 is 11.3 Å². The van der Waals surface area contributed by atoms with Gasteiger partial charge >= 0.3 is 5.97 Å². The number of aromatic nitrogens is 2. The van der Waals surface area contributed by atoms with Crippen LogP contribution in [0.25, 0.3) is 22.2 Å². The third-order valence-electron chi connectivity index (χ3n) is 5.17. The van der Waals surface area contributed by atoms with Crippen molar-refractivity contribution in [3.8, 4) is 11.3 Å². The second-order valence-electron chi connectivity index (χ2n) is 7.25. The second kappa shape index (κ2) is 8.28. The van der Waals surface area contributed by atoms with E-state index in [-0.39, 0.29) is 5.91 Å². The summed E-state index contributed by atoms with van der Waals surface area (Å²) in [4.78, 5) is 35.5. The first kappa shape index (κ1) is 20.7. The SMILES string of the molecule is COC(=O)c1c(NC(=O)c2cc(-c3cccnc3)nc3ccc(C)cc23)sc(C)c1C. The number of methoxy groups -OCH3 is 1. The Bertz CT molecular complexity index is 1310. The molecular weight excluding hydrogens is 410 g/mol. The molecule has 0 bridgehead atoms. The van der Waals surface area contributed by atoms with Crippen molar-refractivity contribution in [3.63, 3.8) is 0 Å². The number of carbonyl (C=O) groups excluding carboxylic acids is 2. The van der Waals surface area contributed by atoms with Crippen molar-refractivity contribution in [2.24, 2.45) is 0 Å². The molecule has 0 spiro atoms. The van der Waals surface area contributed by atoms with Crippen LogP contribution in [0, 0.1) is 20.8 Å². The van der Waals surface area contributed by atoms with E-state index >= 15 is 0 Å². The van der Waals surface area contributed by atoms with Gasteiger partial charge in [0.15, 0.2) is 0 Å². The summed E-state index contributed by atoms with van der Waals surface area (Å²) in [6, 6.07) is 11.3. The smallest absolute Gasteiger partial charge is 0.341 e. The van der Waals surface area contributed by atoms with Gasteiger partial charge < -0.3 is 10.1 Å². The summed E-state index contributed by atoms with van der Waals surface area (Å²) in [5, 5.41) is 4.15. The zero-order valence-corrected chi connectivity index (χ0v) is 18.5. The quantitative estimate of drug-likeness (QED) is 0.442. The standard InChI is InChI=1S/C24H21N3O3S/c1-13-7-8-19-17(10-13)18(11-20(26-19)16-6-5-9-25-12-16)22(28)27-23-21(24(29)30-4)14(2)15(3)31-23/h5-12H,1-4H3,(H,27,28). The van der Waals surface area contributed by atoms with Gasteiger partial charge in [-0.2, -0.15) is 0 Å². The molecule has 4 rings (SSSR count). The van der Waals surface area contributed by atoms with Gasteiger partial charge in [-0.25, -0.2) is 9.78 Å². The number of fused-ring (bicyclic) bond motifs is 1. The van der Waals surface area contributed by atoms with Crippen LogP contribution in [0.5, 0.6) is 0 Å². The van der Waals surface area contributed by atoms with Crippen molar-refractivity contribution >= 4 is 39.1 Å². The van der Waals surface area contributed by atoms with Crippen LogP contribution in [0.3, 0.4) is 0 Å². The number of ether oxygens (including phenoxy) is 1. The van der Waals surface area contributed by atoms with Crippen LogP contribution in [0.15, 0.2) is 48.8 Å². The molecule has 156 valence electrons. The van der Waals surface area contributed by atoms with E-state index in [9.17, 15) is 9.59 Å². The lowest BCUT2D eigenvalue weighted by atomic mass is 10.0. The summed E-state index contributed by atoms with van der Waals surface area (Å²) < 4.78 is 4.92.